The molecule has 0 unspecified atom stereocenters. The Morgan fingerprint density at radius 3 is 1.00 bits per heavy atom. The maximum Gasteiger partial charge on any atom is 2.00 e. The molecule has 0 N–H and O–H groups in total. The predicted octanol–water partition coefficient (Wildman–Crippen LogP) is 3.34. The summed E-state index contributed by atoms with van der Waals surface area (Å²) >= 11 is 0. The van der Waals surface area contributed by atoms with Gasteiger partial charge in [0, 0.05) is 0 Å². The molecule has 0 aromatic heterocycles. The van der Waals surface area contributed by atoms with Gasteiger partial charge in [0.1, 0.15) is 0 Å². The van der Waals surface area contributed by atoms with Crippen molar-refractivity contribution in [3.63, 3.8) is 0 Å². The molecule has 1 rings (SSSR count). The zero-order valence-electron chi connectivity index (χ0n) is 16.3. The Morgan fingerprint density at radius 1 is 0.700 bits per heavy atom. The van der Waals surface area contributed by atoms with Crippen LogP contribution in [0, 0.1) is 11.8 Å². The van der Waals surface area contributed by atoms with E-state index in [-0.39, 0.29) is 49.4 Å². The van der Waals surface area contributed by atoms with Gasteiger partial charge in [0.15, 0.2) is 0 Å². The molecule has 1 aliphatic heterocycles. The van der Waals surface area contributed by atoms with E-state index in [2.05, 4.69) is 69.2 Å². The molecule has 112 valence electrons. The van der Waals surface area contributed by atoms with Crippen molar-refractivity contribution in [2.24, 2.45) is 0 Å². The molecule has 0 bridgehead atoms. The van der Waals surface area contributed by atoms with Crippen LogP contribution in [0.1, 0.15) is 88.5 Å². The van der Waals surface area contributed by atoms with E-state index in [1.165, 1.54) is 31.1 Å². The van der Waals surface area contributed by atoms with Crippen molar-refractivity contribution in [1.82, 2.24) is 0 Å². The second kappa shape index (κ2) is 13.8. The summed E-state index contributed by atoms with van der Waals surface area (Å²) in [6.07, 6.45) is 3.86. The smallest absolute Gasteiger partial charge is 0.652 e. The van der Waals surface area contributed by atoms with Gasteiger partial charge in [0.25, 0.3) is 0 Å². The van der Waals surface area contributed by atoms with Crippen LogP contribution in [-0.2, 0) is 19.5 Å². The van der Waals surface area contributed by atoms with Gasteiger partial charge in [-0.1, -0.05) is 47.0 Å². The van der Waals surface area contributed by atoms with Crippen LogP contribution in [0.2, 0.25) is 0 Å². The second-order valence-corrected chi connectivity index (χ2v) is 7.59. The largest absolute Gasteiger partial charge is 2.00 e. The minimum absolute atomic E-state index is 0. The Bertz CT molecular complexity index is 176. The molecule has 0 radical (unpaired) electrons. The van der Waals surface area contributed by atoms with Gasteiger partial charge in [-0.2, -0.15) is 41.5 Å². The molecule has 3 heteroatoms. The average Bonchev–Trinajstić information content (AvgIpc) is 1.95. The van der Waals surface area contributed by atoms with Crippen molar-refractivity contribution in [2.75, 3.05) is 0 Å². The molecule has 1 saturated heterocycles. The van der Waals surface area contributed by atoms with E-state index in [4.69, 9.17) is 5.32 Å². The van der Waals surface area contributed by atoms with E-state index in [9.17, 15) is 0 Å². The van der Waals surface area contributed by atoms with Gasteiger partial charge in [-0.05, 0) is 0 Å². The number of hydrogen-bond donors (Lipinski definition) is 0. The molecule has 1 fully saturated rings. The summed E-state index contributed by atoms with van der Waals surface area (Å²) in [7, 11) is 0. The van der Waals surface area contributed by atoms with Crippen LogP contribution in [0.25, 0.3) is 5.32 Å². The normalized spacial score (nSPS) is 18.6. The first kappa shape index (κ1) is 29.2. The molecular formula is C17H36LiNZn. The van der Waals surface area contributed by atoms with Gasteiger partial charge in [-0.3, -0.25) is 0 Å². The standard InChI is InChI=1S/C9H18N.2C4H9.Li.Zn/c1-8(2)6-5-7-9(3,4)10-8;2*1-4(2)3;;/h5-7H2,1-4H3;2*1-3H3;;/q3*-1;+1;+2. The van der Waals surface area contributed by atoms with E-state index in [1.54, 1.807) is 0 Å². The summed E-state index contributed by atoms with van der Waals surface area (Å²) in [5, 5.41) is 4.75. The third-order valence-electron chi connectivity index (χ3n) is 2.18. The van der Waals surface area contributed by atoms with Crippen molar-refractivity contribution in [1.29, 1.82) is 0 Å². The second-order valence-electron chi connectivity index (χ2n) is 7.59. The summed E-state index contributed by atoms with van der Waals surface area (Å²) in [6, 6.07) is 0. The molecule has 0 aromatic carbocycles. The molecule has 1 nitrogen and oxygen atoms in total. The fourth-order valence-electron chi connectivity index (χ4n) is 1.88. The van der Waals surface area contributed by atoms with Crippen LogP contribution in [0.5, 0.6) is 0 Å². The summed E-state index contributed by atoms with van der Waals surface area (Å²) in [5.41, 5.74) is 0.476. The molecular weight excluding hydrogens is 291 g/mol. The fraction of sp³-hybridized carbons (Fsp3) is 0.882. The van der Waals surface area contributed by atoms with Crippen molar-refractivity contribution in [3.05, 3.63) is 17.2 Å². The maximum atomic E-state index is 4.75. The SMILES string of the molecule is CC1(C)CCCC(C)(C)[N-]1.C[C-](C)C.C[C-](C)C.[Li+].[Zn+2]. The average molecular weight is 327 g/mol. The van der Waals surface area contributed by atoms with Crippen molar-refractivity contribution < 1.29 is 38.3 Å². The van der Waals surface area contributed by atoms with Crippen molar-refractivity contribution in [3.8, 4) is 0 Å². The predicted molar refractivity (Wildman–Crippen MR) is 85.9 cm³/mol. The van der Waals surface area contributed by atoms with Gasteiger partial charge in [-0.15, -0.1) is 11.1 Å². The van der Waals surface area contributed by atoms with E-state index in [1.807, 2.05) is 0 Å². The molecule has 0 spiro atoms. The number of rotatable bonds is 0. The van der Waals surface area contributed by atoms with Gasteiger partial charge < -0.3 is 17.2 Å². The quantitative estimate of drug-likeness (QED) is 0.479. The van der Waals surface area contributed by atoms with E-state index >= 15 is 0 Å². The van der Waals surface area contributed by atoms with Crippen LogP contribution in [0.15, 0.2) is 0 Å². The first-order valence-electron chi connectivity index (χ1n) is 7.15. The summed E-state index contributed by atoms with van der Waals surface area (Å²) < 4.78 is 0. The molecule has 1 heterocycles. The van der Waals surface area contributed by atoms with Crippen LogP contribution in [-0.4, -0.2) is 11.1 Å². The molecule has 0 aliphatic carbocycles. The summed E-state index contributed by atoms with van der Waals surface area (Å²) in [5.74, 6) is 2.83. The Kier molecular flexibility index (Phi) is 20.2. The van der Waals surface area contributed by atoms with Gasteiger partial charge in [0.05, 0.1) is 0 Å². The molecule has 0 aromatic rings. The fourth-order valence-corrected chi connectivity index (χ4v) is 1.88. The molecule has 0 amide bonds. The Labute approximate surface area is 154 Å². The summed E-state index contributed by atoms with van der Waals surface area (Å²) in [4.78, 5) is 0. The first-order chi connectivity index (χ1) is 7.88. The Hall–Kier alpha value is 1.18. The number of hydrogen-bond acceptors (Lipinski definition) is 0. The number of nitrogens with zero attached hydrogens (tertiary/aromatic N) is 1. The van der Waals surface area contributed by atoms with E-state index in [0.29, 0.717) is 0 Å². The number of piperidine rings is 1. The third-order valence-corrected chi connectivity index (χ3v) is 2.18. The van der Waals surface area contributed by atoms with Crippen LogP contribution >= 0.6 is 0 Å². The summed E-state index contributed by atoms with van der Waals surface area (Å²) in [6.45, 7) is 21.4. The monoisotopic (exact) mass is 325 g/mol. The van der Waals surface area contributed by atoms with Crippen LogP contribution in [0.4, 0.5) is 0 Å². The molecule has 20 heavy (non-hydrogen) atoms. The third kappa shape index (κ3) is 27.5. The molecule has 0 saturated carbocycles. The minimum atomic E-state index is 0. The first-order valence-corrected chi connectivity index (χ1v) is 7.15. The maximum absolute atomic E-state index is 4.75. The van der Waals surface area contributed by atoms with Crippen LogP contribution in [0.3, 0.4) is 0 Å². The van der Waals surface area contributed by atoms with E-state index < -0.39 is 0 Å². The topological polar surface area (TPSA) is 14.1 Å². The van der Waals surface area contributed by atoms with Crippen molar-refractivity contribution >= 4 is 0 Å². The van der Waals surface area contributed by atoms with Crippen LogP contribution < -0.4 is 18.9 Å². The molecule has 1 aliphatic rings. The van der Waals surface area contributed by atoms with Gasteiger partial charge in [-0.25, -0.2) is 0 Å². The molecule has 0 atom stereocenters. The van der Waals surface area contributed by atoms with E-state index in [0.717, 1.165) is 0 Å². The zero-order valence-corrected chi connectivity index (χ0v) is 19.2. The van der Waals surface area contributed by atoms with Gasteiger partial charge >= 0.3 is 38.3 Å². The minimum Gasteiger partial charge on any atom is -0.652 e. The Balaban J connectivity index is -0.000000110. The zero-order chi connectivity index (χ0) is 15.0. The van der Waals surface area contributed by atoms with Crippen molar-refractivity contribution in [2.45, 2.75) is 99.6 Å². The van der Waals surface area contributed by atoms with Gasteiger partial charge in [0.2, 0.25) is 0 Å². The Morgan fingerprint density at radius 2 is 0.900 bits per heavy atom.